The van der Waals surface area contributed by atoms with Crippen molar-refractivity contribution in [2.75, 3.05) is 45.3 Å². The summed E-state index contributed by atoms with van der Waals surface area (Å²) >= 11 is 1.65. The lowest BCUT2D eigenvalue weighted by molar-refractivity contribution is 0.353. The fraction of sp³-hybridized carbons (Fsp3) is 0.318. The first kappa shape index (κ1) is 21.6. The van der Waals surface area contributed by atoms with E-state index in [0.29, 0.717) is 37.7 Å². The molecular formula is C22H25N3O4S2. The van der Waals surface area contributed by atoms with Gasteiger partial charge in [0.15, 0.2) is 16.6 Å². The second kappa shape index (κ2) is 8.86. The second-order valence-electron chi connectivity index (χ2n) is 7.18. The molecule has 0 N–H and O–H groups in total. The molecule has 2 heterocycles. The number of thiazole rings is 1. The average Bonchev–Trinajstić information content (AvgIpc) is 3.20. The third-order valence-electron chi connectivity index (χ3n) is 5.33. The third kappa shape index (κ3) is 4.26. The van der Waals surface area contributed by atoms with Crippen LogP contribution in [0.2, 0.25) is 0 Å². The second-order valence-corrected chi connectivity index (χ2v) is 10.3. The molecule has 0 spiro atoms. The molecule has 0 bridgehead atoms. The van der Waals surface area contributed by atoms with Gasteiger partial charge < -0.3 is 14.4 Å². The Morgan fingerprint density at radius 3 is 2.26 bits per heavy atom. The highest BCUT2D eigenvalue weighted by atomic mass is 32.2. The maximum Gasteiger partial charge on any atom is 0.243 e. The SMILES string of the molecule is COc1ccc(S(=O)(=O)N2CCN(c3nc(-c4ccccc4)c(C)s3)CC2)cc1OC. The van der Waals surface area contributed by atoms with Crippen molar-refractivity contribution in [1.82, 2.24) is 9.29 Å². The Bertz CT molecular complexity index is 1150. The molecule has 2 aromatic carbocycles. The number of piperazine rings is 1. The Morgan fingerprint density at radius 1 is 0.935 bits per heavy atom. The Hall–Kier alpha value is -2.62. The number of aryl methyl sites for hydroxylation is 1. The Kier molecular flexibility index (Phi) is 6.17. The van der Waals surface area contributed by atoms with Crippen LogP contribution in [-0.2, 0) is 10.0 Å². The Morgan fingerprint density at radius 2 is 1.61 bits per heavy atom. The summed E-state index contributed by atoms with van der Waals surface area (Å²) in [4.78, 5) is 8.35. The first-order chi connectivity index (χ1) is 14.9. The minimum atomic E-state index is -3.62. The molecule has 1 fully saturated rings. The topological polar surface area (TPSA) is 72.0 Å². The molecule has 0 aliphatic carbocycles. The van der Waals surface area contributed by atoms with Crippen LogP contribution in [0.4, 0.5) is 5.13 Å². The van der Waals surface area contributed by atoms with E-state index in [9.17, 15) is 8.42 Å². The van der Waals surface area contributed by atoms with E-state index in [1.54, 1.807) is 23.5 Å². The predicted molar refractivity (Wildman–Crippen MR) is 123 cm³/mol. The molecule has 1 saturated heterocycles. The van der Waals surface area contributed by atoms with Gasteiger partial charge in [0.1, 0.15) is 0 Å². The minimum Gasteiger partial charge on any atom is -0.493 e. The molecule has 0 radical (unpaired) electrons. The summed E-state index contributed by atoms with van der Waals surface area (Å²) in [6.07, 6.45) is 0. The first-order valence-corrected chi connectivity index (χ1v) is 12.2. The van der Waals surface area contributed by atoms with E-state index in [1.807, 2.05) is 18.2 Å². The summed E-state index contributed by atoms with van der Waals surface area (Å²) in [5.74, 6) is 0.897. The van der Waals surface area contributed by atoms with Gasteiger partial charge in [0.2, 0.25) is 10.0 Å². The van der Waals surface area contributed by atoms with E-state index in [2.05, 4.69) is 24.0 Å². The van der Waals surface area contributed by atoms with Gasteiger partial charge in [-0.1, -0.05) is 30.3 Å². The molecule has 0 saturated carbocycles. The van der Waals surface area contributed by atoms with Gasteiger partial charge in [-0.25, -0.2) is 13.4 Å². The number of sulfonamides is 1. The summed E-state index contributed by atoms with van der Waals surface area (Å²) in [5, 5.41) is 0.930. The van der Waals surface area contributed by atoms with E-state index in [1.165, 1.54) is 24.6 Å². The van der Waals surface area contributed by atoms with Crippen molar-refractivity contribution in [3.05, 3.63) is 53.4 Å². The Labute approximate surface area is 186 Å². The van der Waals surface area contributed by atoms with E-state index < -0.39 is 10.0 Å². The monoisotopic (exact) mass is 459 g/mol. The molecule has 4 rings (SSSR count). The van der Waals surface area contributed by atoms with E-state index in [4.69, 9.17) is 14.5 Å². The maximum atomic E-state index is 13.1. The number of benzene rings is 2. The standard InChI is InChI=1S/C22H25N3O4S2/c1-16-21(17-7-5-4-6-8-17)23-22(30-16)24-11-13-25(14-12-24)31(26,27)18-9-10-19(28-2)20(15-18)29-3/h4-10,15H,11-14H2,1-3H3. The minimum absolute atomic E-state index is 0.204. The van der Waals surface area contributed by atoms with Crippen LogP contribution in [0.1, 0.15) is 4.88 Å². The first-order valence-electron chi connectivity index (χ1n) is 9.94. The molecule has 3 aromatic rings. The highest BCUT2D eigenvalue weighted by molar-refractivity contribution is 7.89. The van der Waals surface area contributed by atoms with Crippen LogP contribution < -0.4 is 14.4 Å². The summed E-state index contributed by atoms with van der Waals surface area (Å²) in [6.45, 7) is 4.05. The van der Waals surface area contributed by atoms with Crippen molar-refractivity contribution in [2.45, 2.75) is 11.8 Å². The quantitative estimate of drug-likeness (QED) is 0.560. The van der Waals surface area contributed by atoms with E-state index in [0.717, 1.165) is 21.3 Å². The molecule has 0 unspecified atom stereocenters. The molecule has 7 nitrogen and oxygen atoms in total. The number of anilines is 1. The molecule has 31 heavy (non-hydrogen) atoms. The Balaban J connectivity index is 1.49. The lowest BCUT2D eigenvalue weighted by atomic mass is 10.1. The molecule has 1 aliphatic rings. The van der Waals surface area contributed by atoms with Gasteiger partial charge >= 0.3 is 0 Å². The smallest absolute Gasteiger partial charge is 0.243 e. The fourth-order valence-corrected chi connectivity index (χ4v) is 6.05. The van der Waals surface area contributed by atoms with Crippen molar-refractivity contribution in [3.8, 4) is 22.8 Å². The number of methoxy groups -OCH3 is 2. The number of hydrogen-bond acceptors (Lipinski definition) is 7. The molecule has 164 valence electrons. The van der Waals surface area contributed by atoms with Crippen molar-refractivity contribution >= 4 is 26.5 Å². The fourth-order valence-electron chi connectivity index (χ4n) is 3.63. The highest BCUT2D eigenvalue weighted by Gasteiger charge is 2.30. The van der Waals surface area contributed by atoms with Gasteiger partial charge in [0.25, 0.3) is 0 Å². The zero-order valence-corrected chi connectivity index (χ0v) is 19.4. The zero-order chi connectivity index (χ0) is 22.0. The van der Waals surface area contributed by atoms with E-state index in [-0.39, 0.29) is 4.90 Å². The van der Waals surface area contributed by atoms with Crippen LogP contribution in [0.25, 0.3) is 11.3 Å². The van der Waals surface area contributed by atoms with Gasteiger partial charge in [0, 0.05) is 42.7 Å². The van der Waals surface area contributed by atoms with Gasteiger partial charge in [-0.15, -0.1) is 11.3 Å². The number of nitrogens with zero attached hydrogens (tertiary/aromatic N) is 3. The van der Waals surface area contributed by atoms with Crippen molar-refractivity contribution < 1.29 is 17.9 Å². The van der Waals surface area contributed by atoms with Crippen LogP contribution in [0.15, 0.2) is 53.4 Å². The molecule has 0 amide bonds. The highest BCUT2D eigenvalue weighted by Crippen LogP contribution is 2.34. The molecule has 1 aliphatic heterocycles. The summed E-state index contributed by atoms with van der Waals surface area (Å²) in [7, 11) is -0.602. The molecule has 0 atom stereocenters. The van der Waals surface area contributed by atoms with E-state index >= 15 is 0 Å². The lowest BCUT2D eigenvalue weighted by Crippen LogP contribution is -2.48. The maximum absolute atomic E-state index is 13.1. The van der Waals surface area contributed by atoms with Crippen LogP contribution in [-0.4, -0.2) is 58.1 Å². The van der Waals surface area contributed by atoms with Gasteiger partial charge in [0.05, 0.1) is 24.8 Å². The van der Waals surface area contributed by atoms with Gasteiger partial charge in [-0.2, -0.15) is 4.31 Å². The number of rotatable bonds is 6. The molecular weight excluding hydrogens is 434 g/mol. The number of hydrogen-bond donors (Lipinski definition) is 0. The van der Waals surface area contributed by atoms with Crippen LogP contribution in [0, 0.1) is 6.92 Å². The van der Waals surface area contributed by atoms with Crippen molar-refractivity contribution in [2.24, 2.45) is 0 Å². The normalized spacial score (nSPS) is 15.1. The molecule has 9 heteroatoms. The summed E-state index contributed by atoms with van der Waals surface area (Å²) in [6, 6.07) is 14.8. The van der Waals surface area contributed by atoms with Gasteiger partial charge in [-0.3, -0.25) is 0 Å². The zero-order valence-electron chi connectivity index (χ0n) is 17.7. The van der Waals surface area contributed by atoms with Crippen molar-refractivity contribution in [1.29, 1.82) is 0 Å². The van der Waals surface area contributed by atoms with Crippen LogP contribution >= 0.6 is 11.3 Å². The third-order valence-corrected chi connectivity index (χ3v) is 8.26. The largest absolute Gasteiger partial charge is 0.493 e. The molecule has 1 aromatic heterocycles. The lowest BCUT2D eigenvalue weighted by Gasteiger charge is -2.33. The summed E-state index contributed by atoms with van der Waals surface area (Å²) < 4.78 is 38.3. The van der Waals surface area contributed by atoms with Crippen LogP contribution in [0.3, 0.4) is 0 Å². The van der Waals surface area contributed by atoms with Crippen LogP contribution in [0.5, 0.6) is 11.5 Å². The van der Waals surface area contributed by atoms with Crippen molar-refractivity contribution in [3.63, 3.8) is 0 Å². The number of ether oxygens (including phenoxy) is 2. The average molecular weight is 460 g/mol. The summed E-state index contributed by atoms with van der Waals surface area (Å²) in [5.41, 5.74) is 2.08. The predicted octanol–water partition coefficient (Wildman–Crippen LogP) is 3.65. The number of aromatic nitrogens is 1. The van der Waals surface area contributed by atoms with Gasteiger partial charge in [-0.05, 0) is 19.1 Å².